The highest BCUT2D eigenvalue weighted by molar-refractivity contribution is 7.84. The first-order valence-corrected chi connectivity index (χ1v) is 11.0. The highest BCUT2D eigenvalue weighted by atomic mass is 32.2. The minimum absolute atomic E-state index is 0.520. The summed E-state index contributed by atoms with van der Waals surface area (Å²) in [4.78, 5) is 6.67. The minimum atomic E-state index is -0.925. The van der Waals surface area contributed by atoms with Gasteiger partial charge < -0.3 is 14.6 Å². The summed E-state index contributed by atoms with van der Waals surface area (Å²) in [5.41, 5.74) is 1.99. The van der Waals surface area contributed by atoms with E-state index in [1.54, 1.807) is 0 Å². The van der Waals surface area contributed by atoms with Gasteiger partial charge in [0.1, 0.15) is 11.3 Å². The second-order valence-corrected chi connectivity index (χ2v) is 8.19. The lowest BCUT2D eigenvalue weighted by Gasteiger charge is -2.20. The molecule has 0 aliphatic carbocycles. The zero-order valence-corrected chi connectivity index (χ0v) is 17.2. The van der Waals surface area contributed by atoms with E-state index in [-0.39, 0.29) is 0 Å². The topological polar surface area (TPSA) is 57.8 Å². The Morgan fingerprint density at radius 1 is 1.14 bits per heavy atom. The summed E-state index contributed by atoms with van der Waals surface area (Å²) in [6.07, 6.45) is 0. The highest BCUT2D eigenvalue weighted by Gasteiger charge is 2.10. The molecule has 0 radical (unpaired) electrons. The minimum Gasteiger partial charge on any atom is -0.459 e. The fraction of sp³-hybridized carbons (Fsp3) is 0.318. The molecule has 0 aliphatic heterocycles. The number of furan rings is 1. The number of guanidine groups is 1. The van der Waals surface area contributed by atoms with E-state index in [1.165, 1.54) is 0 Å². The third-order valence-electron chi connectivity index (χ3n) is 4.32. The highest BCUT2D eigenvalue weighted by Crippen LogP contribution is 2.19. The third-order valence-corrected chi connectivity index (χ3v) is 5.61. The molecule has 1 atom stereocenters. The van der Waals surface area contributed by atoms with Crippen molar-refractivity contribution >= 4 is 27.7 Å². The summed E-state index contributed by atoms with van der Waals surface area (Å²) in [6, 6.07) is 20.0. The maximum Gasteiger partial charge on any atom is 0.194 e. The van der Waals surface area contributed by atoms with Crippen LogP contribution >= 0.6 is 0 Å². The van der Waals surface area contributed by atoms with Gasteiger partial charge in [-0.05, 0) is 24.6 Å². The van der Waals surface area contributed by atoms with Crippen LogP contribution in [-0.4, -0.2) is 41.0 Å². The van der Waals surface area contributed by atoms with Crippen molar-refractivity contribution in [2.24, 2.45) is 4.99 Å². The van der Waals surface area contributed by atoms with Crippen LogP contribution in [0.4, 0.5) is 0 Å². The lowest BCUT2D eigenvalue weighted by Crippen LogP contribution is -2.38. The van der Waals surface area contributed by atoms with Gasteiger partial charge in [-0.1, -0.05) is 48.5 Å². The number of hydrogen-bond acceptors (Lipinski definition) is 3. The monoisotopic (exact) mass is 397 g/mol. The molecule has 2 aromatic carbocycles. The molecule has 0 saturated heterocycles. The summed E-state index contributed by atoms with van der Waals surface area (Å²) in [7, 11) is 1.06. The SMILES string of the molecule is CCNC(=NCCS(=O)Cc1ccccc1)N(C)Cc1cc2ccccc2o1. The molecule has 1 N–H and O–H groups in total. The van der Waals surface area contributed by atoms with Gasteiger partial charge in [-0.25, -0.2) is 0 Å². The van der Waals surface area contributed by atoms with Gasteiger partial charge in [-0.2, -0.15) is 0 Å². The van der Waals surface area contributed by atoms with Gasteiger partial charge in [0.15, 0.2) is 5.96 Å². The Balaban J connectivity index is 1.57. The van der Waals surface area contributed by atoms with E-state index >= 15 is 0 Å². The normalized spacial score (nSPS) is 12.9. The van der Waals surface area contributed by atoms with Crippen LogP contribution < -0.4 is 5.32 Å². The molecule has 6 heteroatoms. The van der Waals surface area contributed by atoms with Crippen molar-refractivity contribution in [1.29, 1.82) is 0 Å². The molecule has 0 aliphatic rings. The molecule has 3 rings (SSSR count). The van der Waals surface area contributed by atoms with Crippen LogP contribution in [0.5, 0.6) is 0 Å². The first-order chi connectivity index (χ1) is 13.7. The van der Waals surface area contributed by atoms with Gasteiger partial charge in [0, 0.05) is 41.3 Å². The Kier molecular flexibility index (Phi) is 7.25. The molecule has 1 unspecified atom stereocenters. The largest absolute Gasteiger partial charge is 0.459 e. The van der Waals surface area contributed by atoms with Crippen molar-refractivity contribution in [3.05, 3.63) is 72.0 Å². The molecule has 0 bridgehead atoms. The number of hydrogen-bond donors (Lipinski definition) is 1. The van der Waals surface area contributed by atoms with Crippen LogP contribution in [0.15, 0.2) is 70.1 Å². The van der Waals surface area contributed by atoms with E-state index < -0.39 is 10.8 Å². The van der Waals surface area contributed by atoms with E-state index in [4.69, 9.17) is 4.42 Å². The zero-order chi connectivity index (χ0) is 19.8. The summed E-state index contributed by atoms with van der Waals surface area (Å²) in [5.74, 6) is 2.80. The second-order valence-electron chi connectivity index (χ2n) is 6.62. The first-order valence-electron chi connectivity index (χ1n) is 9.51. The van der Waals surface area contributed by atoms with E-state index in [9.17, 15) is 4.21 Å². The predicted molar refractivity (Wildman–Crippen MR) is 117 cm³/mol. The standard InChI is InChI=1S/C22H27N3O2S/c1-3-23-22(24-13-14-28(26)17-18-9-5-4-6-10-18)25(2)16-20-15-19-11-7-8-12-21(19)27-20/h4-12,15H,3,13-14,16-17H2,1-2H3,(H,23,24). The molecule has 0 spiro atoms. The Morgan fingerprint density at radius 3 is 2.64 bits per heavy atom. The van der Waals surface area contributed by atoms with Crippen LogP contribution in [-0.2, 0) is 23.1 Å². The zero-order valence-electron chi connectivity index (χ0n) is 16.4. The molecule has 148 valence electrons. The molecular weight excluding hydrogens is 370 g/mol. The molecule has 3 aromatic rings. The van der Waals surface area contributed by atoms with Crippen LogP contribution in [0.2, 0.25) is 0 Å². The maximum absolute atomic E-state index is 12.3. The molecule has 5 nitrogen and oxygen atoms in total. The molecule has 0 fully saturated rings. The number of rotatable bonds is 8. The van der Waals surface area contributed by atoms with Crippen molar-refractivity contribution in [3.63, 3.8) is 0 Å². The molecule has 1 heterocycles. The summed E-state index contributed by atoms with van der Waals surface area (Å²) in [6.45, 7) is 3.95. The fourth-order valence-corrected chi connectivity index (χ4v) is 3.98. The average Bonchev–Trinajstić information content (AvgIpc) is 3.10. The molecule has 28 heavy (non-hydrogen) atoms. The number of nitrogens with zero attached hydrogens (tertiary/aromatic N) is 2. The summed E-state index contributed by atoms with van der Waals surface area (Å²) >= 11 is 0. The molecule has 0 amide bonds. The summed E-state index contributed by atoms with van der Waals surface area (Å²) < 4.78 is 18.2. The van der Waals surface area contributed by atoms with Gasteiger partial charge in [-0.3, -0.25) is 9.20 Å². The van der Waals surface area contributed by atoms with E-state index in [2.05, 4.69) is 16.4 Å². The van der Waals surface area contributed by atoms with Gasteiger partial charge >= 0.3 is 0 Å². The Bertz CT molecular complexity index is 904. The van der Waals surface area contributed by atoms with Gasteiger partial charge in [0.2, 0.25) is 0 Å². The van der Waals surface area contributed by atoms with Crippen LogP contribution in [0.25, 0.3) is 11.0 Å². The third kappa shape index (κ3) is 5.70. The Hall–Kier alpha value is -2.60. The number of fused-ring (bicyclic) bond motifs is 1. The van der Waals surface area contributed by atoms with Gasteiger partial charge in [-0.15, -0.1) is 0 Å². The Labute approximate surface area is 168 Å². The van der Waals surface area contributed by atoms with Crippen LogP contribution in [0.1, 0.15) is 18.2 Å². The number of aliphatic imine (C=N–C) groups is 1. The molecule has 1 aromatic heterocycles. The number of nitrogens with one attached hydrogen (secondary N) is 1. The quantitative estimate of drug-likeness (QED) is 0.464. The summed E-state index contributed by atoms with van der Waals surface area (Å²) in [5, 5.41) is 4.40. The van der Waals surface area contributed by atoms with Gasteiger partial charge in [0.25, 0.3) is 0 Å². The van der Waals surface area contributed by atoms with E-state index in [0.29, 0.717) is 24.6 Å². The van der Waals surface area contributed by atoms with Crippen LogP contribution in [0, 0.1) is 0 Å². The number of benzene rings is 2. The van der Waals surface area contributed by atoms with E-state index in [1.807, 2.05) is 73.5 Å². The second kappa shape index (κ2) is 10.1. The van der Waals surface area contributed by atoms with Crippen molar-refractivity contribution in [2.75, 3.05) is 25.9 Å². The van der Waals surface area contributed by atoms with Crippen molar-refractivity contribution in [1.82, 2.24) is 10.2 Å². The smallest absolute Gasteiger partial charge is 0.194 e. The van der Waals surface area contributed by atoms with Gasteiger partial charge in [0.05, 0.1) is 13.1 Å². The van der Waals surface area contributed by atoms with E-state index in [0.717, 1.165) is 34.8 Å². The van der Waals surface area contributed by atoms with Crippen molar-refractivity contribution < 1.29 is 8.63 Å². The predicted octanol–water partition coefficient (Wildman–Crippen LogP) is 3.78. The lowest BCUT2D eigenvalue weighted by molar-refractivity contribution is 0.413. The number of para-hydroxylation sites is 1. The first kappa shape index (κ1) is 20.1. The lowest BCUT2D eigenvalue weighted by atomic mass is 10.2. The van der Waals surface area contributed by atoms with Crippen molar-refractivity contribution in [2.45, 2.75) is 19.2 Å². The molecular formula is C22H27N3O2S. The van der Waals surface area contributed by atoms with Crippen LogP contribution in [0.3, 0.4) is 0 Å². The average molecular weight is 398 g/mol. The Morgan fingerprint density at radius 2 is 1.89 bits per heavy atom. The maximum atomic E-state index is 12.3. The fourth-order valence-electron chi connectivity index (χ4n) is 2.98. The molecule has 0 saturated carbocycles. The van der Waals surface area contributed by atoms with Crippen molar-refractivity contribution in [3.8, 4) is 0 Å².